The summed E-state index contributed by atoms with van der Waals surface area (Å²) in [4.78, 5) is 38.3. The quantitative estimate of drug-likeness (QED) is 0.139. The highest BCUT2D eigenvalue weighted by atomic mass is 35.5. The third kappa shape index (κ3) is 6.72. The lowest BCUT2D eigenvalue weighted by Gasteiger charge is -2.33. The van der Waals surface area contributed by atoms with E-state index >= 15 is 0 Å². The summed E-state index contributed by atoms with van der Waals surface area (Å²) >= 11 is 5.89. The van der Waals surface area contributed by atoms with Crippen LogP contribution in [0.2, 0.25) is 10.6 Å². The lowest BCUT2D eigenvalue weighted by molar-refractivity contribution is -0.117. The molecule has 10 nitrogen and oxygen atoms in total. The number of anilines is 2. The molecular weight excluding hydrogens is 723 g/mol. The maximum absolute atomic E-state index is 14.3. The van der Waals surface area contributed by atoms with Crippen molar-refractivity contribution in [3.8, 4) is 5.88 Å². The number of aromatic nitrogens is 3. The molecule has 9 rings (SSSR count). The Kier molecular flexibility index (Phi) is 9.09. The highest BCUT2D eigenvalue weighted by molar-refractivity contribution is 6.30. The molecule has 1 saturated carbocycles. The number of pyridine rings is 1. The van der Waals surface area contributed by atoms with Crippen LogP contribution in [-0.2, 0) is 34.6 Å². The van der Waals surface area contributed by atoms with E-state index in [1.807, 2.05) is 48.5 Å². The Balaban J connectivity index is 0.911. The fourth-order valence-electron chi connectivity index (χ4n) is 7.59. The molecule has 0 bridgehead atoms. The fourth-order valence-corrected chi connectivity index (χ4v) is 8.20. The first kappa shape index (κ1) is 34.9. The Morgan fingerprint density at radius 1 is 1.13 bits per heavy atom. The number of carbonyl (C=O) groups excluding carboxylic acids is 2. The highest BCUT2D eigenvalue weighted by Gasteiger charge is 2.56. The molecule has 1 saturated heterocycles. The van der Waals surface area contributed by atoms with E-state index in [-0.39, 0.29) is 30.1 Å². The van der Waals surface area contributed by atoms with Crippen molar-refractivity contribution in [3.05, 3.63) is 118 Å². The third-order valence-corrected chi connectivity index (χ3v) is 11.8. The monoisotopic (exact) mass is 759 g/mol. The lowest BCUT2D eigenvalue weighted by atomic mass is 9.97. The first-order valence-corrected chi connectivity index (χ1v) is 19.2. The van der Waals surface area contributed by atoms with Crippen molar-refractivity contribution in [1.29, 1.82) is 0 Å². The molecule has 2 unspecified atom stereocenters. The second-order valence-electron chi connectivity index (χ2n) is 14.5. The van der Waals surface area contributed by atoms with Crippen LogP contribution >= 0.6 is 11.6 Å². The van der Waals surface area contributed by atoms with Crippen LogP contribution in [0.15, 0.2) is 78.9 Å². The molecule has 2 atom stereocenters. The molecule has 3 aromatic carbocycles. The third-order valence-electron chi connectivity index (χ3n) is 11.0. The Hall–Kier alpha value is -4.88. The van der Waals surface area contributed by atoms with Crippen LogP contribution in [0.1, 0.15) is 58.7 Å². The van der Waals surface area contributed by atoms with Gasteiger partial charge in [0.2, 0.25) is 11.8 Å². The van der Waals surface area contributed by atoms with Crippen LogP contribution in [0, 0.1) is 5.82 Å². The molecule has 13 heteroatoms. The highest BCUT2D eigenvalue weighted by Crippen LogP contribution is 2.55. The number of ether oxygens (including phenoxy) is 2. The van der Waals surface area contributed by atoms with E-state index in [0.717, 1.165) is 78.2 Å². The molecule has 4 aliphatic rings. The average molecular weight is 760 g/mol. The van der Waals surface area contributed by atoms with Gasteiger partial charge in [0.1, 0.15) is 18.2 Å². The zero-order valence-corrected chi connectivity index (χ0v) is 31.2. The van der Waals surface area contributed by atoms with Crippen molar-refractivity contribution in [1.82, 2.24) is 19.4 Å². The zero-order chi connectivity index (χ0) is 37.0. The molecule has 2 amide bonds. The number of carbonyl (C=O) groups is 2. The van der Waals surface area contributed by atoms with Gasteiger partial charge in [-0.1, -0.05) is 29.8 Å². The van der Waals surface area contributed by atoms with Crippen LogP contribution in [-0.4, -0.2) is 67.3 Å². The van der Waals surface area contributed by atoms with Gasteiger partial charge in [0.05, 0.1) is 34.8 Å². The Morgan fingerprint density at radius 2 is 2.00 bits per heavy atom. The molecule has 2 fully saturated rings. The Bertz CT molecular complexity index is 2340. The summed E-state index contributed by atoms with van der Waals surface area (Å²) in [6.07, 6.45) is 5.75. The van der Waals surface area contributed by atoms with Gasteiger partial charge in [0.15, 0.2) is 0 Å². The van der Waals surface area contributed by atoms with Crippen molar-refractivity contribution in [2.24, 2.45) is 0 Å². The van der Waals surface area contributed by atoms with E-state index in [1.54, 1.807) is 18.2 Å². The van der Waals surface area contributed by atoms with Crippen molar-refractivity contribution >= 4 is 61.6 Å². The minimum absolute atomic E-state index is 0.0485. The molecule has 54 heavy (non-hydrogen) atoms. The summed E-state index contributed by atoms with van der Waals surface area (Å²) in [5, 5.41) is 6.37. The number of hydrogen-bond acceptors (Lipinski definition) is 7. The maximum Gasteiger partial charge on any atom is 0.255 e. The van der Waals surface area contributed by atoms with Gasteiger partial charge >= 0.3 is 0 Å². The van der Waals surface area contributed by atoms with Gasteiger partial charge in [-0.15, -0.1) is 0 Å². The summed E-state index contributed by atoms with van der Waals surface area (Å²) in [6, 6.07) is 21.4. The van der Waals surface area contributed by atoms with Gasteiger partial charge in [0, 0.05) is 70.1 Å². The average Bonchev–Trinajstić information content (AvgIpc) is 3.83. The minimum Gasteiger partial charge on any atom is -0.473 e. The number of halogens is 2. The Morgan fingerprint density at radius 3 is 2.76 bits per heavy atom. The van der Waals surface area contributed by atoms with E-state index in [1.165, 1.54) is 6.07 Å². The first-order chi connectivity index (χ1) is 26.2. The lowest BCUT2D eigenvalue weighted by Crippen LogP contribution is -2.34. The van der Waals surface area contributed by atoms with Gasteiger partial charge in [-0.3, -0.25) is 14.5 Å². The molecule has 2 N–H and O–H groups in total. The Labute approximate surface area is 320 Å². The SMILES string of the molecule is O=C(Nc1ccc2c(c1)C1(CC1)C(=O)N2)c1ccc2nc(CN3CC=C(c4cccc(OCc5ccc(Cl)cc5F)n4)CC3)n(CC([Si])C3CCO3)c2c1. The number of nitrogens with one attached hydrogen (secondary N) is 2. The number of hydrogen-bond donors (Lipinski definition) is 2. The summed E-state index contributed by atoms with van der Waals surface area (Å²) in [6.45, 7) is 3.58. The largest absolute Gasteiger partial charge is 0.473 e. The molecule has 2 aromatic heterocycles. The van der Waals surface area contributed by atoms with Gasteiger partial charge in [-0.2, -0.15) is 0 Å². The molecular formula is C41H37ClFN6O4Si. The number of amides is 2. The summed E-state index contributed by atoms with van der Waals surface area (Å²) in [7, 11) is 3.94. The number of fused-ring (bicyclic) bond motifs is 3. The van der Waals surface area contributed by atoms with Gasteiger partial charge in [-0.25, -0.2) is 14.4 Å². The number of imidazole rings is 1. The van der Waals surface area contributed by atoms with Crippen LogP contribution in [0.3, 0.4) is 0 Å². The summed E-state index contributed by atoms with van der Waals surface area (Å²) in [5.41, 5.74) is 6.70. The summed E-state index contributed by atoms with van der Waals surface area (Å²) < 4.78 is 28.1. The number of nitrogens with zero attached hydrogens (tertiary/aromatic N) is 4. The number of benzene rings is 3. The van der Waals surface area contributed by atoms with Crippen molar-refractivity contribution < 1.29 is 23.5 Å². The molecule has 3 radical (unpaired) electrons. The second-order valence-corrected chi connectivity index (χ2v) is 15.7. The van der Waals surface area contributed by atoms with Crippen molar-refractivity contribution in [3.63, 3.8) is 0 Å². The molecule has 5 aromatic rings. The van der Waals surface area contributed by atoms with Gasteiger partial charge in [-0.05, 0) is 97.0 Å². The fraction of sp³-hybridized carbons (Fsp3) is 0.317. The van der Waals surface area contributed by atoms with Crippen LogP contribution < -0.4 is 15.4 Å². The zero-order valence-electron chi connectivity index (χ0n) is 29.4. The molecule has 1 spiro atoms. The van der Waals surface area contributed by atoms with Crippen LogP contribution in [0.5, 0.6) is 5.88 Å². The minimum atomic E-state index is -0.432. The standard InChI is InChI=1S/C41H37ClFN6O4Si/c42-27-6-4-26(30(43)19-27)23-53-38-3-1-2-31(46-38)24-10-15-48(16-11-24)22-37-45-33-8-5-25(18-34(33)49(37)21-36(54)35-12-17-52-35)39(50)44-28-7-9-32-29(20-28)41(13-14-41)40(51)47-32/h1-10,18-20,35-36H,11-17,21-23H2,(H,44,50)(H,47,51). The first-order valence-electron chi connectivity index (χ1n) is 18.3. The van der Waals surface area contributed by atoms with E-state index in [2.05, 4.69) is 36.4 Å². The van der Waals surface area contributed by atoms with Gasteiger partial charge in [0.25, 0.3) is 5.91 Å². The van der Waals surface area contributed by atoms with E-state index in [9.17, 15) is 14.0 Å². The molecule has 273 valence electrons. The summed E-state index contributed by atoms with van der Waals surface area (Å²) in [5.74, 6) is 0.757. The smallest absolute Gasteiger partial charge is 0.255 e. The van der Waals surface area contributed by atoms with E-state index in [0.29, 0.717) is 47.4 Å². The van der Waals surface area contributed by atoms with E-state index in [4.69, 9.17) is 31.0 Å². The predicted octanol–water partition coefficient (Wildman–Crippen LogP) is 7.07. The second kappa shape index (κ2) is 14.1. The molecule has 1 aliphatic carbocycles. The van der Waals surface area contributed by atoms with Crippen molar-refractivity contribution in [2.45, 2.75) is 62.4 Å². The van der Waals surface area contributed by atoms with E-state index < -0.39 is 11.2 Å². The maximum atomic E-state index is 14.3. The number of rotatable bonds is 11. The van der Waals surface area contributed by atoms with Crippen LogP contribution in [0.4, 0.5) is 15.8 Å². The molecule has 5 heterocycles. The molecule has 3 aliphatic heterocycles. The van der Waals surface area contributed by atoms with Crippen LogP contribution in [0.25, 0.3) is 16.6 Å². The predicted molar refractivity (Wildman–Crippen MR) is 205 cm³/mol. The van der Waals surface area contributed by atoms with Crippen molar-refractivity contribution in [2.75, 3.05) is 30.3 Å². The van der Waals surface area contributed by atoms with Gasteiger partial charge < -0.3 is 24.7 Å². The topological polar surface area (TPSA) is 111 Å². The normalized spacial score (nSPS) is 19.2.